The average molecular weight is 570 g/mol. The molecule has 0 spiro atoms. The maximum atomic E-state index is 13.0. The second-order valence-corrected chi connectivity index (χ2v) is 10.4. The lowest BCUT2D eigenvalue weighted by atomic mass is 10.0. The van der Waals surface area contributed by atoms with Crippen LogP contribution in [0.25, 0.3) is 0 Å². The summed E-state index contributed by atoms with van der Waals surface area (Å²) in [6.45, 7) is 10.3. The Morgan fingerprint density at radius 1 is 1.15 bits per heavy atom. The summed E-state index contributed by atoms with van der Waals surface area (Å²) < 4.78 is 6.85. The van der Waals surface area contributed by atoms with Gasteiger partial charge in [0.25, 0.3) is 5.91 Å². The van der Waals surface area contributed by atoms with E-state index in [-0.39, 0.29) is 30.1 Å². The van der Waals surface area contributed by atoms with Crippen LogP contribution in [0.3, 0.4) is 0 Å². The fourth-order valence-corrected chi connectivity index (χ4v) is 4.79. The Hall–Kier alpha value is -3.63. The third-order valence-corrected chi connectivity index (χ3v) is 6.79. The Kier molecular flexibility index (Phi) is 11.1. The number of nitrogens with one attached hydrogen (secondary N) is 2. The highest BCUT2D eigenvalue weighted by Gasteiger charge is 2.25. The summed E-state index contributed by atoms with van der Waals surface area (Å²) in [5.41, 5.74) is 1.22. The topological polar surface area (TPSA) is 115 Å². The molecule has 2 N–H and O–H groups in total. The molecule has 39 heavy (non-hydrogen) atoms. The molecule has 0 fully saturated rings. The van der Waals surface area contributed by atoms with Crippen LogP contribution in [0.4, 0.5) is 5.69 Å². The minimum atomic E-state index is -0.453. The average Bonchev–Trinajstić information content (AvgIpc) is 3.30. The lowest BCUT2D eigenvalue weighted by Crippen LogP contribution is -2.32. The lowest BCUT2D eigenvalue weighted by molar-refractivity contribution is -0.113. The highest BCUT2D eigenvalue weighted by Crippen LogP contribution is 2.26. The largest absolute Gasteiger partial charge is 0.462 e. The van der Waals surface area contributed by atoms with Crippen molar-refractivity contribution in [1.29, 1.82) is 0 Å². The van der Waals surface area contributed by atoms with Gasteiger partial charge in [0.2, 0.25) is 5.91 Å². The van der Waals surface area contributed by atoms with Gasteiger partial charge in [-0.25, -0.2) is 4.79 Å². The number of amides is 2. The van der Waals surface area contributed by atoms with Crippen LogP contribution in [0.15, 0.2) is 66.3 Å². The minimum Gasteiger partial charge on any atom is -0.462 e. The molecule has 3 aromatic rings. The summed E-state index contributed by atoms with van der Waals surface area (Å²) in [4.78, 5) is 37.7. The van der Waals surface area contributed by atoms with Gasteiger partial charge in [-0.15, -0.1) is 16.8 Å². The number of anilines is 1. The van der Waals surface area contributed by atoms with Gasteiger partial charge in [-0.05, 0) is 49.6 Å². The van der Waals surface area contributed by atoms with E-state index in [1.807, 2.05) is 4.57 Å². The van der Waals surface area contributed by atoms with Crippen molar-refractivity contribution < 1.29 is 19.1 Å². The Labute approximate surface area is 237 Å². The zero-order chi connectivity index (χ0) is 28.4. The number of hydrogen-bond acceptors (Lipinski definition) is 7. The Bertz CT molecular complexity index is 1330. The molecule has 0 unspecified atom stereocenters. The zero-order valence-corrected chi connectivity index (χ0v) is 23.7. The summed E-state index contributed by atoms with van der Waals surface area (Å²) >= 11 is 7.45. The first kappa shape index (κ1) is 29.9. The van der Waals surface area contributed by atoms with E-state index in [0.717, 1.165) is 0 Å². The number of thioether (sulfide) groups is 1. The molecule has 0 saturated heterocycles. The summed E-state index contributed by atoms with van der Waals surface area (Å²) in [6.07, 6.45) is 2.33. The van der Waals surface area contributed by atoms with Crippen molar-refractivity contribution in [2.75, 3.05) is 17.7 Å². The molecule has 1 heterocycles. The summed E-state index contributed by atoms with van der Waals surface area (Å²) in [5, 5.41) is 15.4. The summed E-state index contributed by atoms with van der Waals surface area (Å²) in [5.74, 6) is -0.165. The molecule has 9 nitrogen and oxygen atoms in total. The van der Waals surface area contributed by atoms with E-state index in [1.54, 1.807) is 61.5 Å². The van der Waals surface area contributed by atoms with Gasteiger partial charge in [-0.2, -0.15) is 0 Å². The molecule has 1 atom stereocenters. The monoisotopic (exact) mass is 569 g/mol. The van der Waals surface area contributed by atoms with Crippen LogP contribution in [0.5, 0.6) is 0 Å². The third-order valence-electron chi connectivity index (χ3n) is 5.49. The number of nitrogens with zero attached hydrogens (tertiary/aromatic N) is 3. The normalized spacial score (nSPS) is 11.6. The van der Waals surface area contributed by atoms with Gasteiger partial charge >= 0.3 is 5.97 Å². The van der Waals surface area contributed by atoms with Gasteiger partial charge in [0.1, 0.15) is 0 Å². The molecule has 0 aliphatic carbocycles. The van der Waals surface area contributed by atoms with E-state index in [4.69, 9.17) is 16.3 Å². The van der Waals surface area contributed by atoms with Gasteiger partial charge in [0.15, 0.2) is 11.0 Å². The van der Waals surface area contributed by atoms with E-state index in [0.29, 0.717) is 45.8 Å². The van der Waals surface area contributed by atoms with Crippen LogP contribution in [0, 0.1) is 5.92 Å². The van der Waals surface area contributed by atoms with Crippen LogP contribution >= 0.6 is 23.4 Å². The van der Waals surface area contributed by atoms with Gasteiger partial charge in [-0.3, -0.25) is 9.59 Å². The molecule has 0 bridgehead atoms. The number of hydrogen-bond donors (Lipinski definition) is 2. The van der Waals surface area contributed by atoms with Gasteiger partial charge in [0.05, 0.1) is 34.6 Å². The maximum absolute atomic E-state index is 13.0. The van der Waals surface area contributed by atoms with E-state index >= 15 is 0 Å². The van der Waals surface area contributed by atoms with Crippen LogP contribution < -0.4 is 10.6 Å². The molecular weight excluding hydrogens is 538 g/mol. The number of carbonyl (C=O) groups excluding carboxylic acids is 3. The first-order chi connectivity index (χ1) is 18.7. The first-order valence-corrected chi connectivity index (χ1v) is 13.9. The van der Waals surface area contributed by atoms with Crippen molar-refractivity contribution in [1.82, 2.24) is 20.1 Å². The van der Waals surface area contributed by atoms with Crippen LogP contribution in [0.1, 0.15) is 59.8 Å². The second kappa shape index (κ2) is 14.5. The Morgan fingerprint density at radius 3 is 2.62 bits per heavy atom. The van der Waals surface area contributed by atoms with E-state index in [1.165, 1.54) is 11.8 Å². The number of carbonyl (C=O) groups is 3. The van der Waals surface area contributed by atoms with Gasteiger partial charge in [0, 0.05) is 12.2 Å². The standard InChI is InChI=1S/C28H32ClN5O4S/c1-5-14-34-25(23(15-18(3)4)31-26(36)21-12-7-8-13-22(21)29)32-33-28(34)39-17-24(35)30-20-11-9-10-19(16-20)27(37)38-6-2/h5,7-13,16,18,23H,1,6,14-15,17H2,2-4H3,(H,30,35)(H,31,36)/t23-/m0/s1. The fourth-order valence-electron chi connectivity index (χ4n) is 3.81. The molecule has 0 radical (unpaired) electrons. The molecular formula is C28H32ClN5O4S. The maximum Gasteiger partial charge on any atom is 0.338 e. The molecule has 2 aromatic carbocycles. The number of benzene rings is 2. The van der Waals surface area contributed by atoms with Gasteiger partial charge in [-0.1, -0.05) is 61.5 Å². The van der Waals surface area contributed by atoms with Crippen LogP contribution in [-0.2, 0) is 16.1 Å². The molecule has 0 aliphatic rings. The van der Waals surface area contributed by atoms with Gasteiger partial charge < -0.3 is 19.9 Å². The summed E-state index contributed by atoms with van der Waals surface area (Å²) in [7, 11) is 0. The Morgan fingerprint density at radius 2 is 1.92 bits per heavy atom. The number of allylic oxidation sites excluding steroid dienone is 1. The van der Waals surface area contributed by atoms with Crippen molar-refractivity contribution in [3.05, 3.63) is 83.2 Å². The number of rotatable bonds is 13. The predicted octanol–water partition coefficient (Wildman–Crippen LogP) is 5.54. The number of ether oxygens (including phenoxy) is 1. The van der Waals surface area contributed by atoms with E-state index in [9.17, 15) is 14.4 Å². The zero-order valence-electron chi connectivity index (χ0n) is 22.1. The fraction of sp³-hybridized carbons (Fsp3) is 0.321. The predicted molar refractivity (Wildman–Crippen MR) is 153 cm³/mol. The second-order valence-electron chi connectivity index (χ2n) is 9.01. The molecule has 3 rings (SSSR count). The third kappa shape index (κ3) is 8.43. The van der Waals surface area contributed by atoms with Crippen molar-refractivity contribution in [2.45, 2.75) is 44.9 Å². The molecule has 206 valence electrons. The van der Waals surface area contributed by atoms with Crippen molar-refractivity contribution in [3.63, 3.8) is 0 Å². The van der Waals surface area contributed by atoms with Crippen LogP contribution in [0.2, 0.25) is 5.02 Å². The molecule has 2 amide bonds. The quantitative estimate of drug-likeness (QED) is 0.158. The smallest absolute Gasteiger partial charge is 0.338 e. The van der Waals surface area contributed by atoms with Crippen LogP contribution in [-0.4, -0.2) is 44.9 Å². The highest BCUT2D eigenvalue weighted by atomic mass is 35.5. The van der Waals surface area contributed by atoms with Crippen molar-refractivity contribution >= 4 is 46.8 Å². The molecule has 0 aliphatic heterocycles. The van der Waals surface area contributed by atoms with Crippen molar-refractivity contribution in [2.24, 2.45) is 5.92 Å². The number of halogens is 1. The van der Waals surface area contributed by atoms with Crippen molar-refractivity contribution in [3.8, 4) is 0 Å². The van der Waals surface area contributed by atoms with E-state index < -0.39 is 12.0 Å². The summed E-state index contributed by atoms with van der Waals surface area (Å²) in [6, 6.07) is 13.0. The number of aromatic nitrogens is 3. The minimum absolute atomic E-state index is 0.0553. The lowest BCUT2D eigenvalue weighted by Gasteiger charge is -2.21. The first-order valence-electron chi connectivity index (χ1n) is 12.5. The molecule has 1 aromatic heterocycles. The Balaban J connectivity index is 1.74. The molecule has 0 saturated carbocycles. The van der Waals surface area contributed by atoms with E-state index in [2.05, 4.69) is 41.3 Å². The highest BCUT2D eigenvalue weighted by molar-refractivity contribution is 7.99. The number of esters is 1. The molecule has 11 heteroatoms. The SMILES string of the molecule is C=CCn1c(SCC(=O)Nc2cccc(C(=O)OCC)c2)nnc1[C@H](CC(C)C)NC(=O)c1ccccc1Cl.